The average Bonchev–Trinajstić information content (AvgIpc) is 3.60. The van der Waals surface area contributed by atoms with Gasteiger partial charge in [0, 0.05) is 43.5 Å². The van der Waals surface area contributed by atoms with E-state index in [4.69, 9.17) is 0 Å². The monoisotopic (exact) mass is 519 g/mol. The van der Waals surface area contributed by atoms with Crippen molar-refractivity contribution < 1.29 is 9.59 Å². The molecule has 0 bridgehead atoms. The molecule has 4 aromatic rings. The van der Waals surface area contributed by atoms with Gasteiger partial charge in [-0.15, -0.1) is 0 Å². The predicted molar refractivity (Wildman–Crippen MR) is 156 cm³/mol. The highest BCUT2D eigenvalue weighted by molar-refractivity contribution is 6.03. The smallest absolute Gasteiger partial charge is 0.270 e. The van der Waals surface area contributed by atoms with Crippen LogP contribution in [0.4, 0.5) is 0 Å². The Morgan fingerprint density at radius 1 is 0.923 bits per heavy atom. The van der Waals surface area contributed by atoms with E-state index >= 15 is 0 Å². The van der Waals surface area contributed by atoms with Crippen LogP contribution in [-0.4, -0.2) is 34.9 Å². The molecule has 1 N–H and O–H groups in total. The van der Waals surface area contributed by atoms with Crippen LogP contribution in [0, 0.1) is 5.92 Å². The van der Waals surface area contributed by atoms with Crippen molar-refractivity contribution >= 4 is 22.7 Å². The summed E-state index contributed by atoms with van der Waals surface area (Å²) in [6, 6.07) is 27.0. The second kappa shape index (κ2) is 10.7. The molecule has 0 saturated heterocycles. The number of nitrogens with zero attached hydrogens (tertiary/aromatic N) is 2. The van der Waals surface area contributed by atoms with Gasteiger partial charge in [0.1, 0.15) is 5.69 Å². The van der Waals surface area contributed by atoms with E-state index in [-0.39, 0.29) is 23.7 Å². The first kappa shape index (κ1) is 25.4. The van der Waals surface area contributed by atoms with Crippen LogP contribution in [0.2, 0.25) is 0 Å². The Balaban J connectivity index is 1.28. The molecule has 3 aromatic carbocycles. The molecular formula is C34H37N3O2. The van der Waals surface area contributed by atoms with Gasteiger partial charge >= 0.3 is 0 Å². The maximum Gasteiger partial charge on any atom is 0.270 e. The van der Waals surface area contributed by atoms with Gasteiger partial charge in [-0.3, -0.25) is 9.59 Å². The van der Waals surface area contributed by atoms with Gasteiger partial charge < -0.3 is 14.8 Å². The van der Waals surface area contributed by atoms with Crippen LogP contribution < -0.4 is 5.32 Å². The van der Waals surface area contributed by atoms with Crippen LogP contribution in [0.3, 0.4) is 0 Å². The Labute approximate surface area is 230 Å². The van der Waals surface area contributed by atoms with Crippen molar-refractivity contribution in [3.8, 4) is 0 Å². The van der Waals surface area contributed by atoms with Crippen molar-refractivity contribution in [2.24, 2.45) is 5.92 Å². The number of carbonyl (C=O) groups is 2. The summed E-state index contributed by atoms with van der Waals surface area (Å²) in [5.74, 6) is 0.736. The summed E-state index contributed by atoms with van der Waals surface area (Å²) in [5.41, 5.74) is 6.41. The zero-order valence-corrected chi connectivity index (χ0v) is 22.9. The van der Waals surface area contributed by atoms with Gasteiger partial charge in [0.15, 0.2) is 0 Å². The zero-order valence-electron chi connectivity index (χ0n) is 22.9. The molecule has 2 atom stereocenters. The lowest BCUT2D eigenvalue weighted by Crippen LogP contribution is -2.37. The van der Waals surface area contributed by atoms with Gasteiger partial charge in [-0.05, 0) is 47.1 Å². The number of amides is 2. The number of carbonyl (C=O) groups excluding carboxylic acids is 2. The van der Waals surface area contributed by atoms with E-state index in [1.54, 1.807) is 0 Å². The molecule has 2 amide bonds. The lowest BCUT2D eigenvalue weighted by Gasteiger charge is -2.29. The molecule has 1 aliphatic carbocycles. The van der Waals surface area contributed by atoms with Gasteiger partial charge in [0.25, 0.3) is 5.91 Å². The molecule has 1 aliphatic heterocycles. The standard InChI is InChI=1S/C34H37N3O2/c1-23-21-36(2)34(39)32-30(23)28-14-8-9-15-29(28)37(32)22-25-16-18-27(19-17-25)31(26-12-6-7-13-26)33(38)35-20-24-10-4-3-5-11-24/h3-5,8-11,14-19,23,26,31H,6-7,12-13,20-22H2,1-2H3,(H,35,38). The van der Waals surface area contributed by atoms with Crippen molar-refractivity contribution in [1.29, 1.82) is 0 Å². The van der Waals surface area contributed by atoms with Crippen molar-refractivity contribution in [3.63, 3.8) is 0 Å². The highest BCUT2D eigenvalue weighted by atomic mass is 16.2. The number of hydrogen-bond donors (Lipinski definition) is 1. The minimum Gasteiger partial charge on any atom is -0.351 e. The van der Waals surface area contributed by atoms with Gasteiger partial charge in [0.2, 0.25) is 5.91 Å². The van der Waals surface area contributed by atoms with Gasteiger partial charge in [-0.1, -0.05) is 92.6 Å². The maximum atomic E-state index is 13.5. The van der Waals surface area contributed by atoms with Crippen molar-refractivity contribution in [2.75, 3.05) is 13.6 Å². The Bertz CT molecular complexity index is 1480. The van der Waals surface area contributed by atoms with Gasteiger partial charge in [-0.2, -0.15) is 0 Å². The Kier molecular flexibility index (Phi) is 6.99. The second-order valence-corrected chi connectivity index (χ2v) is 11.4. The highest BCUT2D eigenvalue weighted by Crippen LogP contribution is 2.39. The molecule has 2 unspecified atom stereocenters. The van der Waals surface area contributed by atoms with E-state index in [2.05, 4.69) is 59.3 Å². The van der Waals surface area contributed by atoms with E-state index in [1.165, 1.54) is 23.8 Å². The summed E-state index contributed by atoms with van der Waals surface area (Å²) in [4.78, 5) is 28.7. The number of fused-ring (bicyclic) bond motifs is 3. The van der Waals surface area contributed by atoms with E-state index in [1.807, 2.05) is 48.3 Å². The number of aromatic nitrogens is 1. The summed E-state index contributed by atoms with van der Waals surface area (Å²) in [7, 11) is 1.89. The number of benzene rings is 3. The van der Waals surface area contributed by atoms with E-state index in [0.717, 1.165) is 47.3 Å². The quantitative estimate of drug-likeness (QED) is 0.304. The molecule has 2 heterocycles. The van der Waals surface area contributed by atoms with Crippen LogP contribution >= 0.6 is 0 Å². The fourth-order valence-corrected chi connectivity index (χ4v) is 6.83. The Morgan fingerprint density at radius 2 is 1.62 bits per heavy atom. The normalized spacial score (nSPS) is 18.4. The van der Waals surface area contributed by atoms with Crippen molar-refractivity contribution in [3.05, 3.63) is 107 Å². The maximum absolute atomic E-state index is 13.5. The average molecular weight is 520 g/mol. The van der Waals surface area contributed by atoms with Gasteiger partial charge in [0.05, 0.1) is 5.92 Å². The molecule has 5 nitrogen and oxygen atoms in total. The molecule has 39 heavy (non-hydrogen) atoms. The van der Waals surface area contributed by atoms with Crippen LogP contribution in [0.1, 0.15) is 77.2 Å². The van der Waals surface area contributed by atoms with Crippen LogP contribution in [0.15, 0.2) is 78.9 Å². The fourth-order valence-electron chi connectivity index (χ4n) is 6.83. The molecule has 2 aliphatic rings. The minimum absolute atomic E-state index is 0.0901. The number of likely N-dealkylation sites (N-methyl/N-ethyl adjacent to an activating group) is 1. The Hall–Kier alpha value is -3.86. The molecule has 6 rings (SSSR count). The largest absolute Gasteiger partial charge is 0.351 e. The van der Waals surface area contributed by atoms with E-state index in [0.29, 0.717) is 19.0 Å². The fraction of sp³-hybridized carbons (Fsp3) is 0.353. The third kappa shape index (κ3) is 4.87. The Morgan fingerprint density at radius 3 is 2.36 bits per heavy atom. The molecule has 0 spiro atoms. The topological polar surface area (TPSA) is 54.3 Å². The van der Waals surface area contributed by atoms with Crippen molar-refractivity contribution in [1.82, 2.24) is 14.8 Å². The van der Waals surface area contributed by atoms with Crippen LogP contribution in [-0.2, 0) is 17.9 Å². The number of rotatable bonds is 7. The summed E-state index contributed by atoms with van der Waals surface area (Å²) >= 11 is 0. The highest BCUT2D eigenvalue weighted by Gasteiger charge is 2.34. The first-order chi connectivity index (χ1) is 19.0. The lowest BCUT2D eigenvalue weighted by molar-refractivity contribution is -0.123. The third-order valence-electron chi connectivity index (χ3n) is 8.74. The summed E-state index contributed by atoms with van der Waals surface area (Å²) < 4.78 is 2.19. The third-order valence-corrected chi connectivity index (χ3v) is 8.74. The predicted octanol–water partition coefficient (Wildman–Crippen LogP) is 6.47. The van der Waals surface area contributed by atoms with Gasteiger partial charge in [-0.25, -0.2) is 0 Å². The second-order valence-electron chi connectivity index (χ2n) is 11.4. The van der Waals surface area contributed by atoms with E-state index < -0.39 is 0 Å². The van der Waals surface area contributed by atoms with Crippen LogP contribution in [0.5, 0.6) is 0 Å². The first-order valence-electron chi connectivity index (χ1n) is 14.3. The summed E-state index contributed by atoms with van der Waals surface area (Å²) in [5, 5.41) is 4.38. The van der Waals surface area contributed by atoms with Crippen molar-refractivity contribution in [2.45, 2.75) is 57.5 Å². The number of para-hydroxylation sites is 1. The molecular weight excluding hydrogens is 482 g/mol. The molecule has 1 fully saturated rings. The lowest BCUT2D eigenvalue weighted by atomic mass is 9.83. The molecule has 0 radical (unpaired) electrons. The summed E-state index contributed by atoms with van der Waals surface area (Å²) in [6.45, 7) is 4.12. The molecule has 1 saturated carbocycles. The molecule has 1 aromatic heterocycles. The molecule has 5 heteroatoms. The SMILES string of the molecule is CC1CN(C)C(=O)c2c1c1ccccc1n2Cc1ccc(C(C(=O)NCc2ccccc2)C2CCCC2)cc1. The minimum atomic E-state index is -0.137. The van der Waals surface area contributed by atoms with Crippen LogP contribution in [0.25, 0.3) is 10.9 Å². The summed E-state index contributed by atoms with van der Waals surface area (Å²) in [6.07, 6.45) is 4.58. The zero-order chi connectivity index (χ0) is 26.9. The van der Waals surface area contributed by atoms with E-state index in [9.17, 15) is 9.59 Å². The number of hydrogen-bond acceptors (Lipinski definition) is 2. The molecule has 200 valence electrons. The number of nitrogens with one attached hydrogen (secondary N) is 1. The first-order valence-corrected chi connectivity index (χ1v) is 14.3.